The van der Waals surface area contributed by atoms with Crippen LogP contribution >= 0.6 is 0 Å². The zero-order valence-corrected chi connectivity index (χ0v) is 13.9. The molecule has 1 atom stereocenters. The summed E-state index contributed by atoms with van der Waals surface area (Å²) in [5, 5.41) is 3.68. The third-order valence-corrected chi connectivity index (χ3v) is 3.94. The minimum Gasteiger partial charge on any atom is -0.310 e. The van der Waals surface area contributed by atoms with E-state index in [-0.39, 0.29) is 5.41 Å². The molecule has 1 aromatic carbocycles. The highest BCUT2D eigenvalue weighted by Crippen LogP contribution is 2.34. The molecule has 114 valence electrons. The van der Waals surface area contributed by atoms with Crippen LogP contribution in [0.1, 0.15) is 52.6 Å². The molecule has 1 unspecified atom stereocenters. The molecule has 0 radical (unpaired) electrons. The Bertz CT molecular complexity index is 359. The molecule has 0 fully saturated rings. The van der Waals surface area contributed by atoms with Crippen LogP contribution in [-0.2, 0) is 0 Å². The van der Waals surface area contributed by atoms with E-state index in [4.69, 9.17) is 0 Å². The van der Waals surface area contributed by atoms with Gasteiger partial charge in [-0.2, -0.15) is 0 Å². The van der Waals surface area contributed by atoms with Crippen LogP contribution < -0.4 is 5.32 Å². The SMILES string of the molecule is CCCN(CC)CC(C)(C)C(NCC)c1ccccc1. The molecule has 0 bridgehead atoms. The number of hydrogen-bond donors (Lipinski definition) is 1. The van der Waals surface area contributed by atoms with Gasteiger partial charge in [0.2, 0.25) is 0 Å². The molecule has 0 aliphatic carbocycles. The second-order valence-electron chi connectivity index (χ2n) is 6.26. The lowest BCUT2D eigenvalue weighted by atomic mass is 9.79. The molecule has 0 saturated carbocycles. The van der Waals surface area contributed by atoms with Gasteiger partial charge in [0.25, 0.3) is 0 Å². The van der Waals surface area contributed by atoms with E-state index in [9.17, 15) is 0 Å². The minimum absolute atomic E-state index is 0.211. The quantitative estimate of drug-likeness (QED) is 0.730. The van der Waals surface area contributed by atoms with Crippen molar-refractivity contribution < 1.29 is 0 Å². The second-order valence-corrected chi connectivity index (χ2v) is 6.26. The summed E-state index contributed by atoms with van der Waals surface area (Å²) in [6.07, 6.45) is 1.22. The number of rotatable bonds is 9. The van der Waals surface area contributed by atoms with Crippen molar-refractivity contribution in [1.82, 2.24) is 10.2 Å². The first-order chi connectivity index (χ1) is 9.55. The summed E-state index contributed by atoms with van der Waals surface area (Å²) < 4.78 is 0. The average Bonchev–Trinajstić information content (AvgIpc) is 2.44. The lowest BCUT2D eigenvalue weighted by Gasteiger charge is -2.39. The summed E-state index contributed by atoms with van der Waals surface area (Å²) in [7, 11) is 0. The molecule has 20 heavy (non-hydrogen) atoms. The average molecular weight is 276 g/mol. The van der Waals surface area contributed by atoms with Gasteiger partial charge in [-0.15, -0.1) is 0 Å². The van der Waals surface area contributed by atoms with Crippen molar-refractivity contribution >= 4 is 0 Å². The van der Waals surface area contributed by atoms with Gasteiger partial charge in [0.15, 0.2) is 0 Å². The minimum atomic E-state index is 0.211. The Labute approximate surface area is 125 Å². The second kappa shape index (κ2) is 8.43. The number of hydrogen-bond acceptors (Lipinski definition) is 2. The van der Waals surface area contributed by atoms with E-state index in [0.717, 1.165) is 19.6 Å². The Morgan fingerprint density at radius 2 is 1.75 bits per heavy atom. The van der Waals surface area contributed by atoms with Crippen molar-refractivity contribution in [1.29, 1.82) is 0 Å². The van der Waals surface area contributed by atoms with E-state index in [1.807, 2.05) is 0 Å². The monoisotopic (exact) mass is 276 g/mol. The highest BCUT2D eigenvalue weighted by Gasteiger charge is 2.31. The van der Waals surface area contributed by atoms with Crippen LogP contribution in [0.15, 0.2) is 30.3 Å². The van der Waals surface area contributed by atoms with Crippen molar-refractivity contribution in [3.63, 3.8) is 0 Å². The van der Waals surface area contributed by atoms with Crippen molar-refractivity contribution in [2.75, 3.05) is 26.2 Å². The van der Waals surface area contributed by atoms with Gasteiger partial charge in [0.1, 0.15) is 0 Å². The van der Waals surface area contributed by atoms with E-state index in [1.165, 1.54) is 18.5 Å². The molecule has 0 aromatic heterocycles. The van der Waals surface area contributed by atoms with E-state index >= 15 is 0 Å². The van der Waals surface area contributed by atoms with Gasteiger partial charge in [0.05, 0.1) is 0 Å². The van der Waals surface area contributed by atoms with Gasteiger partial charge >= 0.3 is 0 Å². The molecule has 0 aliphatic rings. The van der Waals surface area contributed by atoms with E-state index < -0.39 is 0 Å². The van der Waals surface area contributed by atoms with Crippen molar-refractivity contribution in [2.45, 2.75) is 47.1 Å². The highest BCUT2D eigenvalue weighted by molar-refractivity contribution is 5.21. The van der Waals surface area contributed by atoms with Crippen LogP contribution in [-0.4, -0.2) is 31.1 Å². The predicted octanol–water partition coefficient (Wildman–Crippen LogP) is 4.10. The first-order valence-corrected chi connectivity index (χ1v) is 8.05. The standard InChI is InChI=1S/C18H32N2/c1-6-14-20(8-3)15-18(4,5)17(19-7-2)16-12-10-9-11-13-16/h9-13,17,19H,6-8,14-15H2,1-5H3. The third-order valence-electron chi connectivity index (χ3n) is 3.94. The normalized spacial score (nSPS) is 13.7. The zero-order valence-electron chi connectivity index (χ0n) is 13.9. The number of benzene rings is 1. The molecule has 0 saturated heterocycles. The van der Waals surface area contributed by atoms with Gasteiger partial charge in [-0.25, -0.2) is 0 Å². The first kappa shape index (κ1) is 17.2. The highest BCUT2D eigenvalue weighted by atomic mass is 15.1. The predicted molar refractivity (Wildman–Crippen MR) is 89.0 cm³/mol. The molecular formula is C18H32N2. The Kier molecular flexibility index (Phi) is 7.25. The summed E-state index contributed by atoms with van der Waals surface area (Å²) in [6.45, 7) is 15.9. The van der Waals surface area contributed by atoms with Gasteiger partial charge in [0, 0.05) is 12.6 Å². The van der Waals surface area contributed by atoms with E-state index in [2.05, 4.69) is 75.2 Å². The first-order valence-electron chi connectivity index (χ1n) is 8.05. The molecular weight excluding hydrogens is 244 g/mol. The van der Waals surface area contributed by atoms with Gasteiger partial charge in [-0.05, 0) is 37.0 Å². The number of nitrogens with zero attached hydrogens (tertiary/aromatic N) is 1. The molecule has 2 heteroatoms. The molecule has 0 aliphatic heterocycles. The third kappa shape index (κ3) is 4.92. The Morgan fingerprint density at radius 3 is 2.25 bits per heavy atom. The Hall–Kier alpha value is -0.860. The molecule has 1 N–H and O–H groups in total. The fraction of sp³-hybridized carbons (Fsp3) is 0.667. The van der Waals surface area contributed by atoms with E-state index in [1.54, 1.807) is 0 Å². The van der Waals surface area contributed by atoms with Crippen LogP contribution in [0.3, 0.4) is 0 Å². The maximum absolute atomic E-state index is 3.68. The molecule has 0 amide bonds. The largest absolute Gasteiger partial charge is 0.310 e. The topological polar surface area (TPSA) is 15.3 Å². The summed E-state index contributed by atoms with van der Waals surface area (Å²) >= 11 is 0. The Morgan fingerprint density at radius 1 is 1.10 bits per heavy atom. The Balaban J connectivity index is 2.88. The molecule has 1 aromatic rings. The zero-order chi connectivity index (χ0) is 15.0. The maximum Gasteiger partial charge on any atom is 0.0384 e. The van der Waals surface area contributed by atoms with Crippen molar-refractivity contribution in [3.8, 4) is 0 Å². The van der Waals surface area contributed by atoms with Crippen molar-refractivity contribution in [3.05, 3.63) is 35.9 Å². The fourth-order valence-electron chi connectivity index (χ4n) is 3.03. The van der Waals surface area contributed by atoms with Crippen LogP contribution in [0.4, 0.5) is 0 Å². The lowest BCUT2D eigenvalue weighted by Crippen LogP contribution is -2.43. The van der Waals surface area contributed by atoms with Crippen LogP contribution in [0.25, 0.3) is 0 Å². The van der Waals surface area contributed by atoms with Crippen molar-refractivity contribution in [2.24, 2.45) is 5.41 Å². The maximum atomic E-state index is 3.68. The van der Waals surface area contributed by atoms with Gasteiger partial charge in [-0.1, -0.05) is 65.0 Å². The van der Waals surface area contributed by atoms with Crippen LogP contribution in [0.5, 0.6) is 0 Å². The molecule has 0 heterocycles. The number of nitrogens with one attached hydrogen (secondary N) is 1. The summed E-state index contributed by atoms with van der Waals surface area (Å²) in [5.41, 5.74) is 1.61. The summed E-state index contributed by atoms with van der Waals surface area (Å²) in [6, 6.07) is 11.3. The fourth-order valence-corrected chi connectivity index (χ4v) is 3.03. The smallest absolute Gasteiger partial charge is 0.0384 e. The summed E-state index contributed by atoms with van der Waals surface area (Å²) in [4.78, 5) is 2.56. The van der Waals surface area contributed by atoms with Gasteiger partial charge < -0.3 is 10.2 Å². The lowest BCUT2D eigenvalue weighted by molar-refractivity contribution is 0.141. The van der Waals surface area contributed by atoms with Crippen LogP contribution in [0.2, 0.25) is 0 Å². The summed E-state index contributed by atoms with van der Waals surface area (Å²) in [5.74, 6) is 0. The molecule has 1 rings (SSSR count). The molecule has 2 nitrogen and oxygen atoms in total. The van der Waals surface area contributed by atoms with Gasteiger partial charge in [-0.3, -0.25) is 0 Å². The molecule has 0 spiro atoms. The van der Waals surface area contributed by atoms with Crippen LogP contribution in [0, 0.1) is 5.41 Å². The van der Waals surface area contributed by atoms with E-state index in [0.29, 0.717) is 6.04 Å².